The summed E-state index contributed by atoms with van der Waals surface area (Å²) in [5.74, 6) is 0.112. The number of rotatable bonds is 8. The number of carbonyl (C=O) groups is 2. The first kappa shape index (κ1) is 19.5. The Kier molecular flexibility index (Phi) is 7.08. The van der Waals surface area contributed by atoms with Gasteiger partial charge in [0.05, 0.1) is 16.2 Å². The molecule has 2 N–H and O–H groups in total. The lowest BCUT2D eigenvalue weighted by Gasteiger charge is -2.09. The molecule has 0 aliphatic heterocycles. The van der Waals surface area contributed by atoms with Gasteiger partial charge in [-0.25, -0.2) is 13.2 Å². The van der Waals surface area contributed by atoms with Gasteiger partial charge in [0.25, 0.3) is 0 Å². The van der Waals surface area contributed by atoms with Gasteiger partial charge in [-0.2, -0.15) is 11.8 Å². The third-order valence-electron chi connectivity index (χ3n) is 2.94. The van der Waals surface area contributed by atoms with E-state index in [9.17, 15) is 18.0 Å². The van der Waals surface area contributed by atoms with Crippen molar-refractivity contribution in [2.45, 2.75) is 25.2 Å². The zero-order valence-electron chi connectivity index (χ0n) is 13.3. The Morgan fingerprint density at radius 1 is 1.26 bits per heavy atom. The van der Waals surface area contributed by atoms with Crippen molar-refractivity contribution in [2.24, 2.45) is 5.92 Å². The number of thioether (sulfide) groups is 1. The number of sulfone groups is 1. The van der Waals surface area contributed by atoms with Gasteiger partial charge in [-0.05, 0) is 36.3 Å². The smallest absolute Gasteiger partial charge is 0.335 e. The molecule has 1 aromatic carbocycles. The predicted octanol–water partition coefficient (Wildman–Crippen LogP) is 2.51. The number of aromatic carboxylic acids is 1. The highest BCUT2D eigenvalue weighted by Gasteiger charge is 2.15. The van der Waals surface area contributed by atoms with Crippen LogP contribution >= 0.6 is 11.8 Å². The third kappa shape index (κ3) is 7.04. The molecule has 0 saturated carbocycles. The topological polar surface area (TPSA) is 101 Å². The van der Waals surface area contributed by atoms with Gasteiger partial charge in [0.1, 0.15) is 0 Å². The number of benzene rings is 1. The lowest BCUT2D eigenvalue weighted by molar-refractivity contribution is -0.113. The van der Waals surface area contributed by atoms with Crippen LogP contribution in [0.2, 0.25) is 0 Å². The Morgan fingerprint density at radius 3 is 2.43 bits per heavy atom. The molecule has 0 bridgehead atoms. The first-order valence-electron chi connectivity index (χ1n) is 7.05. The largest absolute Gasteiger partial charge is 0.478 e. The Labute approximate surface area is 140 Å². The first-order chi connectivity index (χ1) is 10.6. The van der Waals surface area contributed by atoms with Crippen molar-refractivity contribution in [3.8, 4) is 0 Å². The number of nitrogens with one attached hydrogen (secondary N) is 1. The molecule has 1 rings (SSSR count). The molecule has 23 heavy (non-hydrogen) atoms. The fraction of sp³-hybridized carbons (Fsp3) is 0.467. The van der Waals surface area contributed by atoms with Crippen molar-refractivity contribution in [3.05, 3.63) is 23.8 Å². The van der Waals surface area contributed by atoms with E-state index in [-0.39, 0.29) is 27.8 Å². The maximum atomic E-state index is 11.9. The molecule has 0 heterocycles. The van der Waals surface area contributed by atoms with Crippen LogP contribution in [-0.4, -0.2) is 43.2 Å². The second kappa shape index (κ2) is 8.35. The Morgan fingerprint density at radius 2 is 1.91 bits per heavy atom. The summed E-state index contributed by atoms with van der Waals surface area (Å²) < 4.78 is 23.2. The molecular weight excluding hydrogens is 338 g/mol. The number of amides is 1. The normalized spacial score (nSPS) is 11.5. The van der Waals surface area contributed by atoms with Gasteiger partial charge in [-0.15, -0.1) is 0 Å². The van der Waals surface area contributed by atoms with Crippen molar-refractivity contribution in [2.75, 3.05) is 23.1 Å². The predicted molar refractivity (Wildman–Crippen MR) is 91.9 cm³/mol. The van der Waals surface area contributed by atoms with Gasteiger partial charge >= 0.3 is 5.97 Å². The van der Waals surface area contributed by atoms with E-state index in [1.54, 1.807) is 0 Å². The van der Waals surface area contributed by atoms with Crippen LogP contribution in [0.5, 0.6) is 0 Å². The average Bonchev–Trinajstić information content (AvgIpc) is 2.42. The standard InChI is InChI=1S/C15H21NO5S2/c1-10(2)4-5-22-9-14(17)16-12-6-11(15(18)19)7-13(8-12)23(3,20)21/h6-8,10H,4-5,9H2,1-3H3,(H,16,17)(H,18,19). The van der Waals surface area contributed by atoms with Gasteiger partial charge in [0.2, 0.25) is 5.91 Å². The molecule has 0 radical (unpaired) electrons. The minimum Gasteiger partial charge on any atom is -0.478 e. The van der Waals surface area contributed by atoms with E-state index in [4.69, 9.17) is 5.11 Å². The van der Waals surface area contributed by atoms with E-state index in [1.165, 1.54) is 23.9 Å². The summed E-state index contributed by atoms with van der Waals surface area (Å²) in [6.45, 7) is 4.20. The number of hydrogen-bond acceptors (Lipinski definition) is 5. The highest BCUT2D eigenvalue weighted by molar-refractivity contribution is 7.99. The summed E-state index contributed by atoms with van der Waals surface area (Å²) in [6, 6.07) is 3.58. The van der Waals surface area contributed by atoms with Crippen LogP contribution < -0.4 is 5.32 Å². The van der Waals surface area contributed by atoms with Gasteiger partial charge in [-0.3, -0.25) is 4.79 Å². The van der Waals surface area contributed by atoms with E-state index < -0.39 is 15.8 Å². The number of anilines is 1. The van der Waals surface area contributed by atoms with Crippen molar-refractivity contribution in [3.63, 3.8) is 0 Å². The van der Waals surface area contributed by atoms with Crippen LogP contribution in [-0.2, 0) is 14.6 Å². The fourth-order valence-corrected chi connectivity index (χ4v) is 3.41. The fourth-order valence-electron chi connectivity index (χ4n) is 1.69. The van der Waals surface area contributed by atoms with E-state index in [0.717, 1.165) is 24.5 Å². The summed E-state index contributed by atoms with van der Waals surface area (Å²) in [4.78, 5) is 22.8. The molecular formula is C15H21NO5S2. The first-order valence-corrected chi connectivity index (χ1v) is 10.1. The molecule has 8 heteroatoms. The van der Waals surface area contributed by atoms with E-state index in [1.807, 2.05) is 0 Å². The molecule has 0 spiro atoms. The maximum absolute atomic E-state index is 11.9. The van der Waals surface area contributed by atoms with Gasteiger partial charge < -0.3 is 10.4 Å². The van der Waals surface area contributed by atoms with Crippen LogP contribution in [0.25, 0.3) is 0 Å². The molecule has 0 atom stereocenters. The Hall–Kier alpha value is -1.54. The Balaban J connectivity index is 2.81. The maximum Gasteiger partial charge on any atom is 0.335 e. The van der Waals surface area contributed by atoms with Crippen molar-refractivity contribution in [1.82, 2.24) is 0 Å². The molecule has 0 aromatic heterocycles. The zero-order chi connectivity index (χ0) is 17.6. The zero-order valence-corrected chi connectivity index (χ0v) is 15.0. The summed E-state index contributed by atoms with van der Waals surface area (Å²) in [6.07, 6.45) is 1.99. The van der Waals surface area contributed by atoms with Gasteiger partial charge in [-0.1, -0.05) is 13.8 Å². The highest BCUT2D eigenvalue weighted by atomic mass is 32.2. The second-order valence-corrected chi connectivity index (χ2v) is 8.73. The minimum atomic E-state index is -3.57. The minimum absolute atomic E-state index is 0.139. The molecule has 0 unspecified atom stereocenters. The monoisotopic (exact) mass is 359 g/mol. The quantitative estimate of drug-likeness (QED) is 0.692. The summed E-state index contributed by atoms with van der Waals surface area (Å²) in [5.41, 5.74) is -0.0181. The van der Waals surface area contributed by atoms with E-state index in [2.05, 4.69) is 19.2 Å². The van der Waals surface area contributed by atoms with Crippen LogP contribution in [0.3, 0.4) is 0 Å². The lowest BCUT2D eigenvalue weighted by Crippen LogP contribution is -2.15. The SMILES string of the molecule is CC(C)CCSCC(=O)Nc1cc(C(=O)O)cc(S(C)(=O)=O)c1. The number of carboxylic acids is 1. The number of hydrogen-bond donors (Lipinski definition) is 2. The summed E-state index contributed by atoms with van der Waals surface area (Å²) in [5, 5.41) is 11.6. The molecule has 6 nitrogen and oxygen atoms in total. The van der Waals surface area contributed by atoms with Crippen LogP contribution in [0, 0.1) is 5.92 Å². The number of carboxylic acid groups (broad SMARTS) is 1. The molecule has 1 amide bonds. The molecule has 128 valence electrons. The molecule has 1 aromatic rings. The summed E-state index contributed by atoms with van der Waals surface area (Å²) in [7, 11) is -3.57. The van der Waals surface area contributed by atoms with Crippen LogP contribution in [0.1, 0.15) is 30.6 Å². The number of carbonyl (C=O) groups excluding carboxylic acids is 1. The lowest BCUT2D eigenvalue weighted by atomic mass is 10.2. The van der Waals surface area contributed by atoms with Gasteiger partial charge in [0, 0.05) is 11.9 Å². The van der Waals surface area contributed by atoms with E-state index >= 15 is 0 Å². The van der Waals surface area contributed by atoms with Gasteiger partial charge in [0.15, 0.2) is 9.84 Å². The van der Waals surface area contributed by atoms with Crippen molar-refractivity contribution >= 4 is 39.2 Å². The Bertz CT molecular complexity index is 683. The van der Waals surface area contributed by atoms with Crippen molar-refractivity contribution in [1.29, 1.82) is 0 Å². The third-order valence-corrected chi connectivity index (χ3v) is 5.02. The summed E-state index contributed by atoms with van der Waals surface area (Å²) >= 11 is 1.48. The van der Waals surface area contributed by atoms with Crippen LogP contribution in [0.4, 0.5) is 5.69 Å². The highest BCUT2D eigenvalue weighted by Crippen LogP contribution is 2.20. The van der Waals surface area contributed by atoms with Crippen molar-refractivity contribution < 1.29 is 23.1 Å². The van der Waals surface area contributed by atoms with Crippen LogP contribution in [0.15, 0.2) is 23.1 Å². The molecule has 0 aliphatic carbocycles. The molecule has 0 saturated heterocycles. The molecule has 0 aliphatic rings. The second-order valence-electron chi connectivity index (χ2n) is 5.61. The van der Waals surface area contributed by atoms with E-state index in [0.29, 0.717) is 5.92 Å². The average molecular weight is 359 g/mol. The molecule has 0 fully saturated rings.